The van der Waals surface area contributed by atoms with Gasteiger partial charge in [0.05, 0.1) is 11.7 Å². The molecule has 0 aliphatic carbocycles. The van der Waals surface area contributed by atoms with E-state index >= 15 is 0 Å². The SMILES string of the molecule is Fc1cccc(CN2C3CCC2CC(Nc2ccc4[nH]ncc4c2)C3)c1. The lowest BCUT2D eigenvalue weighted by Crippen LogP contribution is -2.46. The van der Waals surface area contributed by atoms with Crippen LogP contribution in [0.25, 0.3) is 10.9 Å². The van der Waals surface area contributed by atoms with Gasteiger partial charge < -0.3 is 5.32 Å². The van der Waals surface area contributed by atoms with Crippen molar-refractivity contribution in [2.75, 3.05) is 5.32 Å². The van der Waals surface area contributed by atoms with Crippen molar-refractivity contribution < 1.29 is 4.39 Å². The van der Waals surface area contributed by atoms with Gasteiger partial charge in [-0.3, -0.25) is 10.00 Å². The third kappa shape index (κ3) is 2.97. The van der Waals surface area contributed by atoms with Crippen molar-refractivity contribution in [2.24, 2.45) is 0 Å². The van der Waals surface area contributed by atoms with Crippen molar-refractivity contribution in [1.29, 1.82) is 0 Å². The molecule has 0 saturated carbocycles. The Balaban J connectivity index is 1.27. The summed E-state index contributed by atoms with van der Waals surface area (Å²) in [4.78, 5) is 2.59. The number of piperidine rings is 1. The van der Waals surface area contributed by atoms with Crippen LogP contribution in [0.4, 0.5) is 10.1 Å². The van der Waals surface area contributed by atoms with E-state index < -0.39 is 0 Å². The van der Waals surface area contributed by atoms with E-state index in [1.165, 1.54) is 24.6 Å². The number of fused-ring (bicyclic) bond motifs is 3. The van der Waals surface area contributed by atoms with Gasteiger partial charge in [-0.1, -0.05) is 12.1 Å². The fourth-order valence-electron chi connectivity index (χ4n) is 4.76. The van der Waals surface area contributed by atoms with Crippen molar-refractivity contribution in [2.45, 2.75) is 50.4 Å². The van der Waals surface area contributed by atoms with Gasteiger partial charge in [0.25, 0.3) is 0 Å². The minimum absolute atomic E-state index is 0.138. The number of hydrogen-bond donors (Lipinski definition) is 2. The second-order valence-corrected chi connectivity index (χ2v) is 7.67. The highest BCUT2D eigenvalue weighted by Gasteiger charge is 2.40. The minimum atomic E-state index is -0.138. The zero-order valence-corrected chi connectivity index (χ0v) is 14.7. The van der Waals surface area contributed by atoms with Gasteiger partial charge in [-0.05, 0) is 61.6 Å². The molecule has 5 rings (SSSR count). The van der Waals surface area contributed by atoms with Crippen LogP contribution in [0.2, 0.25) is 0 Å². The van der Waals surface area contributed by atoms with Crippen LogP contribution in [0.1, 0.15) is 31.2 Å². The number of nitrogens with one attached hydrogen (secondary N) is 2. The lowest BCUT2D eigenvalue weighted by Gasteiger charge is -2.39. The molecule has 0 radical (unpaired) electrons. The molecule has 3 aromatic rings. The maximum Gasteiger partial charge on any atom is 0.123 e. The van der Waals surface area contributed by atoms with Gasteiger partial charge >= 0.3 is 0 Å². The molecule has 0 spiro atoms. The summed E-state index contributed by atoms with van der Waals surface area (Å²) in [6, 6.07) is 15.1. The van der Waals surface area contributed by atoms with Gasteiger partial charge in [-0.25, -0.2) is 4.39 Å². The monoisotopic (exact) mass is 350 g/mol. The summed E-state index contributed by atoms with van der Waals surface area (Å²) in [6.07, 6.45) is 6.66. The third-order valence-corrected chi connectivity index (χ3v) is 5.95. The number of hydrogen-bond acceptors (Lipinski definition) is 3. The van der Waals surface area contributed by atoms with E-state index in [0.29, 0.717) is 18.1 Å². The first-order valence-corrected chi connectivity index (χ1v) is 9.44. The molecule has 2 atom stereocenters. The molecule has 2 unspecified atom stereocenters. The topological polar surface area (TPSA) is 44.0 Å². The number of aromatic nitrogens is 2. The van der Waals surface area contributed by atoms with Gasteiger partial charge in [-0.15, -0.1) is 0 Å². The van der Waals surface area contributed by atoms with Crippen LogP contribution in [0, 0.1) is 5.82 Å². The van der Waals surface area contributed by atoms with Crippen LogP contribution < -0.4 is 5.32 Å². The average molecular weight is 350 g/mol. The van der Waals surface area contributed by atoms with E-state index in [4.69, 9.17) is 0 Å². The molecule has 2 fully saturated rings. The van der Waals surface area contributed by atoms with Crippen LogP contribution in [0.15, 0.2) is 48.7 Å². The molecule has 2 aromatic carbocycles. The third-order valence-electron chi connectivity index (χ3n) is 5.95. The second kappa shape index (κ2) is 6.40. The van der Waals surface area contributed by atoms with Crippen LogP contribution in [0.3, 0.4) is 0 Å². The van der Waals surface area contributed by atoms with Gasteiger partial charge in [0.15, 0.2) is 0 Å². The van der Waals surface area contributed by atoms with E-state index in [2.05, 4.69) is 38.6 Å². The normalized spacial score (nSPS) is 25.7. The van der Waals surface area contributed by atoms with Crippen molar-refractivity contribution in [3.05, 3.63) is 60.0 Å². The van der Waals surface area contributed by atoms with Crippen molar-refractivity contribution >= 4 is 16.6 Å². The zero-order chi connectivity index (χ0) is 17.5. The molecule has 134 valence electrons. The van der Waals surface area contributed by atoms with Crippen LogP contribution in [-0.4, -0.2) is 33.2 Å². The molecule has 2 saturated heterocycles. The first-order valence-electron chi connectivity index (χ1n) is 9.44. The highest BCUT2D eigenvalue weighted by molar-refractivity contribution is 5.81. The number of benzene rings is 2. The lowest BCUT2D eigenvalue weighted by atomic mass is 9.96. The standard InChI is InChI=1S/C21H23FN4/c22-16-3-1-2-14(8-16)13-26-19-5-6-20(26)11-18(10-19)24-17-4-7-21-15(9-17)12-23-25-21/h1-4,7-9,12,18-20,24H,5-6,10-11,13H2,(H,23,25). The second-order valence-electron chi connectivity index (χ2n) is 7.67. The Morgan fingerprint density at radius 2 is 1.96 bits per heavy atom. The fraction of sp³-hybridized carbons (Fsp3) is 0.381. The number of halogens is 1. The fourth-order valence-corrected chi connectivity index (χ4v) is 4.76. The van der Waals surface area contributed by atoms with Crippen LogP contribution in [-0.2, 0) is 6.54 Å². The quantitative estimate of drug-likeness (QED) is 0.737. The van der Waals surface area contributed by atoms with Gasteiger partial charge in [0, 0.05) is 35.7 Å². The summed E-state index contributed by atoms with van der Waals surface area (Å²) in [5, 5.41) is 12.0. The number of aromatic amines is 1. The molecule has 0 amide bonds. The van der Waals surface area contributed by atoms with Crippen molar-refractivity contribution in [3.8, 4) is 0 Å². The highest BCUT2D eigenvalue weighted by atomic mass is 19.1. The zero-order valence-electron chi connectivity index (χ0n) is 14.7. The first kappa shape index (κ1) is 15.8. The Morgan fingerprint density at radius 1 is 1.12 bits per heavy atom. The smallest absolute Gasteiger partial charge is 0.123 e. The molecule has 26 heavy (non-hydrogen) atoms. The molecule has 3 heterocycles. The first-order chi connectivity index (χ1) is 12.7. The van der Waals surface area contributed by atoms with Crippen molar-refractivity contribution in [3.63, 3.8) is 0 Å². The van der Waals surface area contributed by atoms with Gasteiger partial charge in [0.1, 0.15) is 5.82 Å². The predicted molar refractivity (Wildman–Crippen MR) is 101 cm³/mol. The number of H-pyrrole nitrogens is 1. The minimum Gasteiger partial charge on any atom is -0.382 e. The van der Waals surface area contributed by atoms with E-state index in [0.717, 1.165) is 35.9 Å². The van der Waals surface area contributed by atoms with Gasteiger partial charge in [-0.2, -0.15) is 5.10 Å². The largest absolute Gasteiger partial charge is 0.382 e. The molecule has 2 aliphatic heterocycles. The molecule has 2 N–H and O–H groups in total. The molecule has 5 heteroatoms. The summed E-state index contributed by atoms with van der Waals surface area (Å²) < 4.78 is 13.5. The number of rotatable bonds is 4. The van der Waals surface area contributed by atoms with E-state index in [1.807, 2.05) is 18.3 Å². The number of anilines is 1. The highest BCUT2D eigenvalue weighted by Crippen LogP contribution is 2.38. The van der Waals surface area contributed by atoms with E-state index in [-0.39, 0.29) is 5.82 Å². The summed E-state index contributed by atoms with van der Waals surface area (Å²) in [7, 11) is 0. The molecule has 4 nitrogen and oxygen atoms in total. The summed E-state index contributed by atoms with van der Waals surface area (Å²) in [5.74, 6) is -0.138. The Morgan fingerprint density at radius 3 is 2.77 bits per heavy atom. The van der Waals surface area contributed by atoms with Crippen LogP contribution in [0.5, 0.6) is 0 Å². The Kier molecular flexibility index (Phi) is 3.89. The molecular formula is C21H23FN4. The molecular weight excluding hydrogens is 327 g/mol. The lowest BCUT2D eigenvalue weighted by molar-refractivity contribution is 0.124. The molecule has 2 aliphatic rings. The Labute approximate surface area is 152 Å². The molecule has 2 bridgehead atoms. The summed E-state index contributed by atoms with van der Waals surface area (Å²) in [6.45, 7) is 0.862. The number of nitrogens with zero attached hydrogens (tertiary/aromatic N) is 2. The molecule has 1 aromatic heterocycles. The van der Waals surface area contributed by atoms with Gasteiger partial charge in [0.2, 0.25) is 0 Å². The van der Waals surface area contributed by atoms with E-state index in [1.54, 1.807) is 6.07 Å². The Bertz CT molecular complexity index is 907. The van der Waals surface area contributed by atoms with Crippen LogP contribution >= 0.6 is 0 Å². The average Bonchev–Trinajstić information content (AvgIpc) is 3.17. The Hall–Kier alpha value is -2.40. The maximum absolute atomic E-state index is 13.5. The van der Waals surface area contributed by atoms with Crippen molar-refractivity contribution in [1.82, 2.24) is 15.1 Å². The maximum atomic E-state index is 13.5. The summed E-state index contributed by atoms with van der Waals surface area (Å²) in [5.41, 5.74) is 3.32. The predicted octanol–water partition coefficient (Wildman–Crippen LogP) is 4.31. The summed E-state index contributed by atoms with van der Waals surface area (Å²) >= 11 is 0. The van der Waals surface area contributed by atoms with E-state index in [9.17, 15) is 4.39 Å².